The van der Waals surface area contributed by atoms with Gasteiger partial charge in [-0.05, 0) is 26.9 Å². The average Bonchev–Trinajstić information content (AvgIpc) is 2.04. The van der Waals surface area contributed by atoms with E-state index < -0.39 is 0 Å². The predicted octanol–water partition coefficient (Wildman–Crippen LogP) is 1.37. The second kappa shape index (κ2) is 8.02. The SMILES string of the molecule is CCCCCNCC(C)NC. The summed E-state index contributed by atoms with van der Waals surface area (Å²) in [6, 6.07) is 0.594. The molecule has 2 nitrogen and oxygen atoms in total. The molecule has 1 unspecified atom stereocenters. The van der Waals surface area contributed by atoms with E-state index in [0.29, 0.717) is 6.04 Å². The third-order valence-corrected chi connectivity index (χ3v) is 1.90. The number of nitrogens with one attached hydrogen (secondary N) is 2. The molecule has 0 fully saturated rings. The largest absolute Gasteiger partial charge is 0.316 e. The summed E-state index contributed by atoms with van der Waals surface area (Å²) in [5, 5.41) is 6.60. The molecule has 68 valence electrons. The van der Waals surface area contributed by atoms with Gasteiger partial charge < -0.3 is 10.6 Å². The molecular formula is C9H22N2. The van der Waals surface area contributed by atoms with Crippen LogP contribution in [0.1, 0.15) is 33.1 Å². The summed E-state index contributed by atoms with van der Waals surface area (Å²) in [6.07, 6.45) is 3.97. The maximum atomic E-state index is 3.41. The van der Waals surface area contributed by atoms with Crippen molar-refractivity contribution < 1.29 is 0 Å². The average molecular weight is 158 g/mol. The Bertz CT molecular complexity index is 74.0. The Labute approximate surface area is 70.8 Å². The summed E-state index contributed by atoms with van der Waals surface area (Å²) >= 11 is 0. The number of hydrogen-bond donors (Lipinski definition) is 2. The maximum absolute atomic E-state index is 3.41. The Kier molecular flexibility index (Phi) is 7.96. The third-order valence-electron chi connectivity index (χ3n) is 1.90. The third kappa shape index (κ3) is 7.82. The van der Waals surface area contributed by atoms with Gasteiger partial charge in [0.1, 0.15) is 0 Å². The van der Waals surface area contributed by atoms with Gasteiger partial charge >= 0.3 is 0 Å². The van der Waals surface area contributed by atoms with Crippen molar-refractivity contribution >= 4 is 0 Å². The summed E-state index contributed by atoms with van der Waals surface area (Å²) in [6.45, 7) is 6.67. The van der Waals surface area contributed by atoms with Crippen LogP contribution in [0.2, 0.25) is 0 Å². The van der Waals surface area contributed by atoms with E-state index in [1.807, 2.05) is 7.05 Å². The van der Waals surface area contributed by atoms with Crippen LogP contribution in [-0.4, -0.2) is 26.2 Å². The highest BCUT2D eigenvalue weighted by Crippen LogP contribution is 1.90. The highest BCUT2D eigenvalue weighted by Gasteiger charge is 1.94. The molecule has 1 atom stereocenters. The second-order valence-electron chi connectivity index (χ2n) is 3.10. The van der Waals surface area contributed by atoms with Gasteiger partial charge in [-0.2, -0.15) is 0 Å². The van der Waals surface area contributed by atoms with Crippen LogP contribution in [-0.2, 0) is 0 Å². The summed E-state index contributed by atoms with van der Waals surface area (Å²) in [5.41, 5.74) is 0. The van der Waals surface area contributed by atoms with Crippen molar-refractivity contribution in [1.29, 1.82) is 0 Å². The fourth-order valence-corrected chi connectivity index (χ4v) is 0.921. The Hall–Kier alpha value is -0.0800. The van der Waals surface area contributed by atoms with Gasteiger partial charge in [0.05, 0.1) is 0 Å². The van der Waals surface area contributed by atoms with Gasteiger partial charge in [-0.15, -0.1) is 0 Å². The van der Waals surface area contributed by atoms with Crippen molar-refractivity contribution in [3.8, 4) is 0 Å². The van der Waals surface area contributed by atoms with Gasteiger partial charge in [0.15, 0.2) is 0 Å². The smallest absolute Gasteiger partial charge is 0.0161 e. The van der Waals surface area contributed by atoms with Gasteiger partial charge in [-0.25, -0.2) is 0 Å². The second-order valence-corrected chi connectivity index (χ2v) is 3.10. The summed E-state index contributed by atoms with van der Waals surface area (Å²) in [7, 11) is 2.00. The minimum atomic E-state index is 0.594. The lowest BCUT2D eigenvalue weighted by Crippen LogP contribution is -2.34. The van der Waals surface area contributed by atoms with E-state index in [2.05, 4.69) is 24.5 Å². The molecule has 0 aromatic carbocycles. The quantitative estimate of drug-likeness (QED) is 0.547. The summed E-state index contributed by atoms with van der Waals surface area (Å²) in [5.74, 6) is 0. The molecule has 2 heteroatoms. The van der Waals surface area contributed by atoms with Crippen LogP contribution in [0.15, 0.2) is 0 Å². The minimum Gasteiger partial charge on any atom is -0.316 e. The fraction of sp³-hybridized carbons (Fsp3) is 1.00. The first-order valence-electron chi connectivity index (χ1n) is 4.69. The monoisotopic (exact) mass is 158 g/mol. The zero-order chi connectivity index (χ0) is 8.53. The van der Waals surface area contributed by atoms with Crippen LogP contribution in [0.3, 0.4) is 0 Å². The van der Waals surface area contributed by atoms with E-state index in [9.17, 15) is 0 Å². The van der Waals surface area contributed by atoms with E-state index in [4.69, 9.17) is 0 Å². The van der Waals surface area contributed by atoms with Crippen LogP contribution in [0.4, 0.5) is 0 Å². The zero-order valence-corrected chi connectivity index (χ0v) is 8.11. The highest BCUT2D eigenvalue weighted by atomic mass is 14.9. The van der Waals surface area contributed by atoms with Crippen molar-refractivity contribution in [2.75, 3.05) is 20.1 Å². The molecule has 0 heterocycles. The standard InChI is InChI=1S/C9H22N2/c1-4-5-6-7-11-8-9(2)10-3/h9-11H,4-8H2,1-3H3. The molecule has 0 aromatic rings. The van der Waals surface area contributed by atoms with Gasteiger partial charge in [0, 0.05) is 12.6 Å². The van der Waals surface area contributed by atoms with E-state index in [0.717, 1.165) is 6.54 Å². The van der Waals surface area contributed by atoms with Crippen molar-refractivity contribution in [3.63, 3.8) is 0 Å². The Morgan fingerprint density at radius 2 is 2.00 bits per heavy atom. The normalized spacial score (nSPS) is 13.4. The molecule has 0 spiro atoms. The molecule has 0 amide bonds. The number of unbranched alkanes of at least 4 members (excludes halogenated alkanes) is 2. The van der Waals surface area contributed by atoms with Gasteiger partial charge in [0.25, 0.3) is 0 Å². The molecule has 0 aliphatic heterocycles. The van der Waals surface area contributed by atoms with Crippen molar-refractivity contribution in [2.45, 2.75) is 39.2 Å². The Morgan fingerprint density at radius 3 is 2.55 bits per heavy atom. The molecule has 0 aromatic heterocycles. The van der Waals surface area contributed by atoms with Gasteiger partial charge in [0.2, 0.25) is 0 Å². The highest BCUT2D eigenvalue weighted by molar-refractivity contribution is 4.60. The molecule has 2 N–H and O–H groups in total. The lowest BCUT2D eigenvalue weighted by atomic mass is 10.2. The molecule has 0 saturated heterocycles. The number of hydrogen-bond acceptors (Lipinski definition) is 2. The van der Waals surface area contributed by atoms with Crippen LogP contribution >= 0.6 is 0 Å². The summed E-state index contributed by atoms with van der Waals surface area (Å²) in [4.78, 5) is 0. The van der Waals surface area contributed by atoms with E-state index >= 15 is 0 Å². The van der Waals surface area contributed by atoms with Crippen molar-refractivity contribution in [1.82, 2.24) is 10.6 Å². The first kappa shape index (κ1) is 10.9. The van der Waals surface area contributed by atoms with Crippen LogP contribution in [0.5, 0.6) is 0 Å². The van der Waals surface area contributed by atoms with E-state index in [-0.39, 0.29) is 0 Å². The van der Waals surface area contributed by atoms with Crippen LogP contribution in [0.25, 0.3) is 0 Å². The first-order chi connectivity index (χ1) is 5.31. The fourth-order valence-electron chi connectivity index (χ4n) is 0.921. The molecular weight excluding hydrogens is 136 g/mol. The van der Waals surface area contributed by atoms with E-state index in [1.54, 1.807) is 0 Å². The molecule has 0 aliphatic carbocycles. The number of likely N-dealkylation sites (N-methyl/N-ethyl adjacent to an activating group) is 1. The topological polar surface area (TPSA) is 24.1 Å². The molecule has 0 aliphatic rings. The van der Waals surface area contributed by atoms with Crippen LogP contribution in [0, 0.1) is 0 Å². The lowest BCUT2D eigenvalue weighted by Gasteiger charge is -2.10. The van der Waals surface area contributed by atoms with Crippen molar-refractivity contribution in [3.05, 3.63) is 0 Å². The summed E-state index contributed by atoms with van der Waals surface area (Å²) < 4.78 is 0. The Balaban J connectivity index is 2.89. The number of rotatable bonds is 7. The molecule has 0 radical (unpaired) electrons. The molecule has 0 saturated carbocycles. The van der Waals surface area contributed by atoms with E-state index in [1.165, 1.54) is 25.8 Å². The first-order valence-corrected chi connectivity index (χ1v) is 4.69. The Morgan fingerprint density at radius 1 is 1.27 bits per heavy atom. The molecule has 0 bridgehead atoms. The van der Waals surface area contributed by atoms with Crippen molar-refractivity contribution in [2.24, 2.45) is 0 Å². The predicted molar refractivity (Wildman–Crippen MR) is 50.9 cm³/mol. The van der Waals surface area contributed by atoms with Crippen LogP contribution < -0.4 is 10.6 Å². The molecule has 0 rings (SSSR count). The van der Waals surface area contributed by atoms with Gasteiger partial charge in [-0.1, -0.05) is 19.8 Å². The zero-order valence-electron chi connectivity index (χ0n) is 8.11. The maximum Gasteiger partial charge on any atom is 0.0161 e. The lowest BCUT2D eigenvalue weighted by molar-refractivity contribution is 0.527. The minimum absolute atomic E-state index is 0.594. The molecule has 11 heavy (non-hydrogen) atoms. The van der Waals surface area contributed by atoms with Gasteiger partial charge in [-0.3, -0.25) is 0 Å².